The van der Waals surface area contributed by atoms with E-state index in [2.05, 4.69) is 10.1 Å². The second kappa shape index (κ2) is 5.67. The number of aromatic nitrogens is 4. The van der Waals surface area contributed by atoms with Gasteiger partial charge < -0.3 is 0 Å². The lowest BCUT2D eigenvalue weighted by Crippen LogP contribution is -2.21. The summed E-state index contributed by atoms with van der Waals surface area (Å²) in [6.07, 6.45) is 8.60. The molecule has 0 fully saturated rings. The van der Waals surface area contributed by atoms with Crippen LogP contribution in [0, 0.1) is 0 Å². The van der Waals surface area contributed by atoms with Crippen LogP contribution in [-0.2, 0) is 19.4 Å². The average Bonchev–Trinajstić information content (AvgIpc) is 3.34. The molecule has 5 rings (SSSR count). The van der Waals surface area contributed by atoms with Crippen LogP contribution in [0.15, 0.2) is 53.8 Å². The number of hydrogen-bond acceptors (Lipinski definition) is 4. The monoisotopic (exact) mass is 348 g/mol. The molecule has 0 spiro atoms. The van der Waals surface area contributed by atoms with Crippen LogP contribution in [0.25, 0.3) is 15.9 Å². The summed E-state index contributed by atoms with van der Waals surface area (Å²) in [5.74, 6) is 0. The standard InChI is InChI=1S/C19H16N4OS/c24-19-17-15-3-1-4-16(15)25-18(17)20-12-22(19)11-13-5-7-14(8-6-13)23-10-2-9-21-23/h2,5-10,12H,1,3-4,11H2. The van der Waals surface area contributed by atoms with Gasteiger partial charge in [-0.2, -0.15) is 5.10 Å². The van der Waals surface area contributed by atoms with E-state index in [-0.39, 0.29) is 5.56 Å². The van der Waals surface area contributed by atoms with Gasteiger partial charge in [-0.25, -0.2) is 9.67 Å². The lowest BCUT2D eigenvalue weighted by atomic mass is 10.2. The molecule has 0 unspecified atom stereocenters. The molecule has 0 saturated heterocycles. The number of hydrogen-bond donors (Lipinski definition) is 0. The number of benzene rings is 1. The molecule has 0 amide bonds. The van der Waals surface area contributed by atoms with Crippen molar-refractivity contribution in [1.82, 2.24) is 19.3 Å². The molecular weight excluding hydrogens is 332 g/mol. The summed E-state index contributed by atoms with van der Waals surface area (Å²) in [7, 11) is 0. The molecular formula is C19H16N4OS. The Labute approximate surface area is 148 Å². The highest BCUT2D eigenvalue weighted by atomic mass is 32.1. The van der Waals surface area contributed by atoms with Crippen molar-refractivity contribution >= 4 is 21.6 Å². The molecule has 0 atom stereocenters. The van der Waals surface area contributed by atoms with E-state index in [1.54, 1.807) is 28.4 Å². The van der Waals surface area contributed by atoms with E-state index in [4.69, 9.17) is 0 Å². The van der Waals surface area contributed by atoms with Crippen LogP contribution in [0.3, 0.4) is 0 Å². The molecule has 0 radical (unpaired) electrons. The van der Waals surface area contributed by atoms with Gasteiger partial charge in [0.2, 0.25) is 0 Å². The average molecular weight is 348 g/mol. The normalized spacial score (nSPS) is 13.4. The van der Waals surface area contributed by atoms with Gasteiger partial charge in [0.15, 0.2) is 0 Å². The number of aryl methyl sites for hydroxylation is 2. The summed E-state index contributed by atoms with van der Waals surface area (Å²) in [5, 5.41) is 5.07. The van der Waals surface area contributed by atoms with Gasteiger partial charge in [0.05, 0.1) is 23.9 Å². The molecule has 5 nitrogen and oxygen atoms in total. The van der Waals surface area contributed by atoms with Crippen molar-refractivity contribution in [3.63, 3.8) is 0 Å². The molecule has 6 heteroatoms. The summed E-state index contributed by atoms with van der Waals surface area (Å²) in [6, 6.07) is 9.99. The zero-order valence-corrected chi connectivity index (χ0v) is 14.4. The summed E-state index contributed by atoms with van der Waals surface area (Å²) >= 11 is 1.68. The van der Waals surface area contributed by atoms with Gasteiger partial charge in [-0.05, 0) is 48.6 Å². The summed E-state index contributed by atoms with van der Waals surface area (Å²) in [6.45, 7) is 0.534. The van der Waals surface area contributed by atoms with Gasteiger partial charge >= 0.3 is 0 Å². The second-order valence-corrected chi connectivity index (χ2v) is 7.42. The minimum absolute atomic E-state index is 0.0838. The molecule has 3 aromatic heterocycles. The SMILES string of the molecule is O=c1c2c3c(sc2ncn1Cc1ccc(-n2cccn2)cc1)CCC3. The van der Waals surface area contributed by atoms with Gasteiger partial charge in [-0.1, -0.05) is 12.1 Å². The van der Waals surface area contributed by atoms with Crippen molar-refractivity contribution in [3.8, 4) is 5.69 Å². The fraction of sp³-hybridized carbons (Fsp3) is 0.211. The zero-order valence-electron chi connectivity index (χ0n) is 13.6. The lowest BCUT2D eigenvalue weighted by molar-refractivity contribution is 0.747. The van der Waals surface area contributed by atoms with E-state index in [1.165, 1.54) is 10.4 Å². The number of thiophene rings is 1. The first-order chi connectivity index (χ1) is 12.3. The molecule has 1 aliphatic carbocycles. The van der Waals surface area contributed by atoms with Crippen LogP contribution in [-0.4, -0.2) is 19.3 Å². The first-order valence-electron chi connectivity index (χ1n) is 8.38. The molecule has 0 saturated carbocycles. The summed E-state index contributed by atoms with van der Waals surface area (Å²) in [5.41, 5.74) is 3.40. The first-order valence-corrected chi connectivity index (χ1v) is 9.20. The van der Waals surface area contributed by atoms with Gasteiger partial charge in [-0.15, -0.1) is 11.3 Å². The molecule has 3 heterocycles. The Morgan fingerprint density at radius 2 is 2.04 bits per heavy atom. The van der Waals surface area contributed by atoms with Crippen molar-refractivity contribution < 1.29 is 0 Å². The smallest absolute Gasteiger partial charge is 0.262 e. The van der Waals surface area contributed by atoms with Crippen LogP contribution in [0.5, 0.6) is 0 Å². The van der Waals surface area contributed by atoms with E-state index in [1.807, 2.05) is 41.2 Å². The first kappa shape index (κ1) is 14.6. The topological polar surface area (TPSA) is 52.7 Å². The Balaban J connectivity index is 1.50. The number of fused-ring (bicyclic) bond motifs is 3. The fourth-order valence-corrected chi connectivity index (χ4v) is 4.72. The molecule has 4 aromatic rings. The van der Waals surface area contributed by atoms with Crippen LogP contribution in [0.4, 0.5) is 0 Å². The predicted molar refractivity (Wildman–Crippen MR) is 98.6 cm³/mol. The predicted octanol–water partition coefficient (Wildman–Crippen LogP) is 3.18. The maximum atomic E-state index is 12.9. The minimum Gasteiger partial charge on any atom is -0.294 e. The molecule has 0 bridgehead atoms. The van der Waals surface area contributed by atoms with Gasteiger partial charge in [0.25, 0.3) is 5.56 Å². The van der Waals surface area contributed by atoms with Crippen molar-refractivity contribution in [2.75, 3.05) is 0 Å². The number of nitrogens with zero attached hydrogens (tertiary/aromatic N) is 4. The van der Waals surface area contributed by atoms with Gasteiger partial charge in [0, 0.05) is 17.3 Å². The van der Waals surface area contributed by atoms with Gasteiger partial charge in [-0.3, -0.25) is 9.36 Å². The Morgan fingerprint density at radius 1 is 1.16 bits per heavy atom. The highest BCUT2D eigenvalue weighted by molar-refractivity contribution is 7.18. The van der Waals surface area contributed by atoms with Crippen LogP contribution >= 0.6 is 11.3 Å². The van der Waals surface area contributed by atoms with Crippen LogP contribution < -0.4 is 5.56 Å². The highest BCUT2D eigenvalue weighted by Gasteiger charge is 2.21. The van der Waals surface area contributed by atoms with Crippen molar-refractivity contribution in [1.29, 1.82) is 0 Å². The van der Waals surface area contributed by atoms with Crippen LogP contribution in [0.1, 0.15) is 22.4 Å². The highest BCUT2D eigenvalue weighted by Crippen LogP contribution is 2.34. The van der Waals surface area contributed by atoms with Crippen molar-refractivity contribution in [2.24, 2.45) is 0 Å². The maximum Gasteiger partial charge on any atom is 0.262 e. The molecule has 0 N–H and O–H groups in total. The summed E-state index contributed by atoms with van der Waals surface area (Å²) < 4.78 is 3.54. The fourth-order valence-electron chi connectivity index (χ4n) is 3.50. The third kappa shape index (κ3) is 2.41. The number of rotatable bonds is 3. The third-order valence-electron chi connectivity index (χ3n) is 4.75. The third-order valence-corrected chi connectivity index (χ3v) is 5.95. The van der Waals surface area contributed by atoms with Gasteiger partial charge in [0.1, 0.15) is 4.83 Å². The van der Waals surface area contributed by atoms with E-state index in [9.17, 15) is 4.79 Å². The van der Waals surface area contributed by atoms with E-state index in [0.717, 1.165) is 40.7 Å². The van der Waals surface area contributed by atoms with E-state index in [0.29, 0.717) is 6.54 Å². The Morgan fingerprint density at radius 3 is 2.84 bits per heavy atom. The Bertz CT molecular complexity index is 1110. The molecule has 25 heavy (non-hydrogen) atoms. The summed E-state index contributed by atoms with van der Waals surface area (Å²) in [4.78, 5) is 19.7. The molecule has 0 aliphatic heterocycles. The molecule has 124 valence electrons. The van der Waals surface area contributed by atoms with E-state index < -0.39 is 0 Å². The minimum atomic E-state index is 0.0838. The lowest BCUT2D eigenvalue weighted by Gasteiger charge is -2.07. The van der Waals surface area contributed by atoms with Crippen molar-refractivity contribution in [3.05, 3.63) is 75.4 Å². The molecule has 1 aliphatic rings. The largest absolute Gasteiger partial charge is 0.294 e. The second-order valence-electron chi connectivity index (χ2n) is 6.33. The molecule has 1 aromatic carbocycles. The zero-order chi connectivity index (χ0) is 16.8. The Hall–Kier alpha value is -2.73. The van der Waals surface area contributed by atoms with Crippen molar-refractivity contribution in [2.45, 2.75) is 25.8 Å². The quantitative estimate of drug-likeness (QED) is 0.571. The Kier molecular flexibility index (Phi) is 3.31. The van der Waals surface area contributed by atoms with E-state index >= 15 is 0 Å². The maximum absolute atomic E-state index is 12.9. The van der Waals surface area contributed by atoms with Crippen LogP contribution in [0.2, 0.25) is 0 Å².